The summed E-state index contributed by atoms with van der Waals surface area (Å²) in [6, 6.07) is 23.6. The van der Waals surface area contributed by atoms with Gasteiger partial charge in [0.05, 0.1) is 164 Å². The van der Waals surface area contributed by atoms with Crippen LogP contribution >= 0.6 is 0 Å². The number of hydrogen-bond donors (Lipinski definition) is 0. The lowest BCUT2D eigenvalue weighted by Crippen LogP contribution is -2.38. The highest BCUT2D eigenvalue weighted by Gasteiger charge is 2.24. The number of methoxy groups -OCH3 is 15. The van der Waals surface area contributed by atoms with E-state index in [-0.39, 0.29) is 53.9 Å². The average Bonchev–Trinajstić information content (AvgIpc) is 0.844. The number of nitrogens with zero attached hydrogens (tertiary/aromatic N) is 3. The fourth-order valence-corrected chi connectivity index (χ4v) is 13.7. The first-order chi connectivity index (χ1) is 69.3. The van der Waals surface area contributed by atoms with Crippen LogP contribution in [-0.4, -0.2) is 391 Å². The minimum Gasteiger partial charge on any atom is -0.491 e. The average molecular weight is 2100 g/mol. The van der Waals surface area contributed by atoms with Crippen LogP contribution in [0, 0.1) is 40.4 Å². The SMILES string of the molecule is COCCN(CCOC)C(=O)CC(C)C.COCCN(CCOC)S(=O)(=O)CC(C)C.COCCOCC(C)(C)C.COCCOCC(COCCOC)OCC(C)(C)C.COCCOCN(COCCOC)C(=O)CC(C)C.COCCOc1cc(CC(C)C)cc(OCCOC)c1.COCCOc1cc(COc2cc(CC(C)C)cc(OCc3cc(OCCOC)cc(OCCOC)c3)c2)cc(OCCOC)c1. The number of rotatable bonds is 79. The summed E-state index contributed by atoms with van der Waals surface area (Å²) in [5, 5.41) is 0. The first-order valence-corrected chi connectivity index (χ1v) is 51.9. The van der Waals surface area contributed by atoms with Crippen molar-refractivity contribution >= 4 is 21.8 Å². The molecule has 848 valence electrons. The molecule has 37 heteroatoms. The second kappa shape index (κ2) is 94.5. The molecule has 0 saturated heterocycles. The monoisotopic (exact) mass is 2100 g/mol. The predicted octanol–water partition coefficient (Wildman–Crippen LogP) is 15.3. The first kappa shape index (κ1) is 142. The normalized spacial score (nSPS) is 11.4. The van der Waals surface area contributed by atoms with Crippen LogP contribution in [0.25, 0.3) is 0 Å². The molecule has 0 heterocycles. The van der Waals surface area contributed by atoms with Gasteiger partial charge >= 0.3 is 0 Å². The molecule has 0 atom stereocenters. The molecule has 145 heavy (non-hydrogen) atoms. The minimum atomic E-state index is -3.19. The third kappa shape index (κ3) is 87.7. The van der Waals surface area contributed by atoms with Gasteiger partial charge in [0.25, 0.3) is 0 Å². The third-order valence-corrected chi connectivity index (χ3v) is 21.0. The lowest BCUT2D eigenvalue weighted by Gasteiger charge is -2.24. The van der Waals surface area contributed by atoms with E-state index in [1.807, 2.05) is 90.1 Å². The van der Waals surface area contributed by atoms with E-state index in [4.69, 9.17) is 137 Å². The predicted molar refractivity (Wildman–Crippen MR) is 568 cm³/mol. The van der Waals surface area contributed by atoms with Crippen molar-refractivity contribution in [2.45, 2.75) is 156 Å². The number of carbonyl (C=O) groups is 2. The summed E-state index contributed by atoms with van der Waals surface area (Å²) >= 11 is 0. The van der Waals surface area contributed by atoms with Gasteiger partial charge in [0.1, 0.15) is 118 Å². The number of hydrogen-bond acceptors (Lipinski definition) is 33. The van der Waals surface area contributed by atoms with E-state index in [1.165, 1.54) is 9.87 Å². The van der Waals surface area contributed by atoms with Crippen molar-refractivity contribution in [3.05, 3.63) is 95.1 Å². The fourth-order valence-electron chi connectivity index (χ4n) is 11.9. The third-order valence-electron chi connectivity index (χ3n) is 18.8. The van der Waals surface area contributed by atoms with Gasteiger partial charge < -0.3 is 142 Å². The van der Waals surface area contributed by atoms with Crippen molar-refractivity contribution in [2.75, 3.05) is 350 Å². The molecule has 0 aromatic heterocycles. The Morgan fingerprint density at radius 1 is 0.269 bits per heavy atom. The van der Waals surface area contributed by atoms with Crippen molar-refractivity contribution in [2.24, 2.45) is 40.4 Å². The highest BCUT2D eigenvalue weighted by atomic mass is 32.2. The summed E-state index contributed by atoms with van der Waals surface area (Å²) in [4.78, 5) is 27.1. The van der Waals surface area contributed by atoms with Gasteiger partial charge in [-0.3, -0.25) is 14.5 Å². The van der Waals surface area contributed by atoms with Crippen LogP contribution in [0.3, 0.4) is 0 Å². The van der Waals surface area contributed by atoms with Crippen LogP contribution in [-0.2, 0) is 145 Å². The molecule has 0 fully saturated rings. The standard InChI is InChI=1S/C36H50O10.C16H26O4.C14H30O5.C13H27NO5.C11H23NO3.C10H23NO4S.C8H18O2/c1-27(2)15-28-16-35(45-25-29-18-31(41-11-7-37-3)22-32(19-29)42-12-8-38-4)24-36(17-28)46-26-30-20-33(43-13-9-39-5)23-34(21-30)44-14-10-40-6;1-13(2)9-14-10-15(19-7-5-17-3)12-16(11-14)20-8-6-18-4;1-14(2,3)12-19-13(10-17-8-6-15-4)11-18-9-7-16-5;1-12(2)9-13(15)14(10-18-7-5-16-3)11-19-8-6-17-4;1-10(2)9-11(13)12(5-7-14-3)6-8-15-4;1-10(2)9-16(12,13)11(5-7-14-3)6-8-15-4;1-8(2,3)7-10-6-5-9-4/h16-24,27H,7-15,25-26H2,1-6H3;10-13H,5-9H2,1-4H3;13H,6-12H2,1-5H3;12H,5-11H2,1-4H3;10H,5-9H2,1-4H3;10H,5-9H2,1-4H3;5-7H2,1-4H3. The summed E-state index contributed by atoms with van der Waals surface area (Å²) in [6.45, 7) is 52.7. The maximum atomic E-state index is 12.0. The van der Waals surface area contributed by atoms with Crippen LogP contribution in [0.4, 0.5) is 0 Å². The molecule has 0 saturated carbocycles. The van der Waals surface area contributed by atoms with E-state index in [9.17, 15) is 18.0 Å². The molecule has 0 unspecified atom stereocenters. The molecule has 2 amide bonds. The largest absolute Gasteiger partial charge is 0.491 e. The molecular weight excluding hydrogens is 1900 g/mol. The van der Waals surface area contributed by atoms with Crippen LogP contribution < -0.4 is 37.9 Å². The zero-order valence-electron chi connectivity index (χ0n) is 95.0. The molecule has 4 aromatic rings. The van der Waals surface area contributed by atoms with E-state index in [1.54, 1.807) is 116 Å². The zero-order valence-corrected chi connectivity index (χ0v) is 95.8. The van der Waals surface area contributed by atoms with E-state index < -0.39 is 10.0 Å². The molecule has 4 rings (SSSR count). The van der Waals surface area contributed by atoms with E-state index in [2.05, 4.69) is 93.5 Å². The number of benzene rings is 4. The van der Waals surface area contributed by atoms with Gasteiger partial charge in [-0.1, -0.05) is 111 Å². The second-order valence-corrected chi connectivity index (χ2v) is 39.9. The molecule has 0 bridgehead atoms. The summed E-state index contributed by atoms with van der Waals surface area (Å²) in [6.07, 6.45) is 2.92. The van der Waals surface area contributed by atoms with Gasteiger partial charge in [-0.25, -0.2) is 8.42 Å². The second-order valence-electron chi connectivity index (χ2n) is 37.9. The summed E-state index contributed by atoms with van der Waals surface area (Å²) in [5.74, 6) is 8.07. The Hall–Kier alpha value is -6.71. The lowest BCUT2D eigenvalue weighted by molar-refractivity contribution is -0.147. The van der Waals surface area contributed by atoms with Crippen LogP contribution in [0.1, 0.15) is 146 Å². The summed E-state index contributed by atoms with van der Waals surface area (Å²) < 4.78 is 180. The highest BCUT2D eigenvalue weighted by Crippen LogP contribution is 2.32. The Kier molecular flexibility index (Phi) is 92.8. The Morgan fingerprint density at radius 3 is 0.779 bits per heavy atom. The van der Waals surface area contributed by atoms with Crippen molar-refractivity contribution in [3.8, 4) is 46.0 Å². The van der Waals surface area contributed by atoms with E-state index in [0.29, 0.717) is 302 Å². The Bertz CT molecular complexity index is 3530. The van der Waals surface area contributed by atoms with Crippen molar-refractivity contribution in [1.82, 2.24) is 14.1 Å². The maximum absolute atomic E-state index is 12.0. The van der Waals surface area contributed by atoms with Crippen LogP contribution in [0.15, 0.2) is 72.8 Å². The zero-order chi connectivity index (χ0) is 109. The Balaban J connectivity index is -0.00000173. The van der Waals surface area contributed by atoms with Gasteiger partial charge in [0.15, 0.2) is 0 Å². The van der Waals surface area contributed by atoms with Crippen molar-refractivity contribution in [3.63, 3.8) is 0 Å². The molecule has 36 nitrogen and oxygen atoms in total. The van der Waals surface area contributed by atoms with Crippen LogP contribution in [0.2, 0.25) is 0 Å². The lowest BCUT2D eigenvalue weighted by atomic mass is 9.98. The number of ether oxygens (including phenoxy) is 29. The number of carbonyl (C=O) groups excluding carboxylic acids is 2. The van der Waals surface area contributed by atoms with Gasteiger partial charge in [-0.15, -0.1) is 0 Å². The van der Waals surface area contributed by atoms with Gasteiger partial charge in [-0.05, 0) is 124 Å². The molecule has 0 radical (unpaired) electrons. The van der Waals surface area contributed by atoms with Crippen molar-refractivity contribution in [1.29, 1.82) is 0 Å². The van der Waals surface area contributed by atoms with Gasteiger partial charge in [-0.2, -0.15) is 4.31 Å². The molecule has 0 N–H and O–H groups in total. The molecule has 0 spiro atoms. The molecule has 0 aliphatic rings. The quantitative estimate of drug-likeness (QED) is 0.0293. The maximum Gasteiger partial charge on any atom is 0.226 e. The van der Waals surface area contributed by atoms with E-state index >= 15 is 0 Å². The Morgan fingerprint density at radius 2 is 0.517 bits per heavy atom. The Labute approximate surface area is 874 Å². The molecule has 4 aromatic carbocycles. The fraction of sp³-hybridized carbons (Fsp3) is 0.759. The smallest absolute Gasteiger partial charge is 0.226 e. The molecule has 0 aliphatic carbocycles. The topological polar surface area (TPSA) is 346 Å². The summed E-state index contributed by atoms with van der Waals surface area (Å²) in [7, 11) is 21.3. The first-order valence-electron chi connectivity index (χ1n) is 50.3. The highest BCUT2D eigenvalue weighted by molar-refractivity contribution is 7.89. The van der Waals surface area contributed by atoms with E-state index in [0.717, 1.165) is 47.6 Å². The summed E-state index contributed by atoms with van der Waals surface area (Å²) in [5.41, 5.74) is 4.58. The van der Waals surface area contributed by atoms with Crippen molar-refractivity contribution < 1.29 is 155 Å². The number of sulfonamides is 1. The van der Waals surface area contributed by atoms with Gasteiger partial charge in [0.2, 0.25) is 21.8 Å². The van der Waals surface area contributed by atoms with Crippen LogP contribution in [0.5, 0.6) is 46.0 Å². The minimum absolute atomic E-state index is 0.0323. The number of amides is 2. The molecule has 0 aliphatic heterocycles. The van der Waals surface area contributed by atoms with Gasteiger partial charge in [0, 0.05) is 170 Å². The molecular formula is C108H197N3O33S.